The van der Waals surface area contributed by atoms with Crippen LogP contribution in [-0.2, 0) is 11.8 Å². The molecule has 0 saturated carbocycles. The van der Waals surface area contributed by atoms with E-state index in [0.29, 0.717) is 0 Å². The summed E-state index contributed by atoms with van der Waals surface area (Å²) in [6.07, 6.45) is 3.62. The Kier molecular flexibility index (Phi) is 4.06. The second-order valence-electron chi connectivity index (χ2n) is 4.41. The molecule has 3 N–H and O–H groups in total. The number of nitrogens with one attached hydrogen (secondary N) is 1. The lowest BCUT2D eigenvalue weighted by atomic mass is 10.0. The van der Waals surface area contributed by atoms with Crippen LogP contribution in [0, 0.1) is 5.92 Å². The van der Waals surface area contributed by atoms with E-state index < -0.39 is 0 Å². The molecule has 1 amide bonds. The number of carbonyl (C=O) groups excluding carboxylic acids is 1. The van der Waals surface area contributed by atoms with E-state index in [1.807, 2.05) is 38.6 Å². The SMILES string of the molecule is CC(NC(C(N)=O)C(C)C)c1nccn1C. The molecule has 0 aromatic carbocycles. The summed E-state index contributed by atoms with van der Waals surface area (Å²) in [7, 11) is 1.93. The van der Waals surface area contributed by atoms with Gasteiger partial charge in [0.2, 0.25) is 5.91 Å². The van der Waals surface area contributed by atoms with Gasteiger partial charge in [0.05, 0.1) is 12.1 Å². The van der Waals surface area contributed by atoms with Crippen LogP contribution in [0.25, 0.3) is 0 Å². The summed E-state index contributed by atoms with van der Waals surface area (Å²) in [6, 6.07) is -0.327. The standard InChI is InChI=1S/C11H20N4O/c1-7(2)9(10(12)16)14-8(3)11-13-5-6-15(11)4/h5-9,14H,1-4H3,(H2,12,16). The predicted molar refractivity (Wildman–Crippen MR) is 62.6 cm³/mol. The predicted octanol–water partition coefficient (Wildman–Crippen LogP) is 0.581. The Balaban J connectivity index is 2.73. The number of nitrogens with two attached hydrogens (primary N) is 1. The van der Waals surface area contributed by atoms with Crippen LogP contribution in [0.2, 0.25) is 0 Å². The third kappa shape index (κ3) is 2.82. The van der Waals surface area contributed by atoms with E-state index in [1.54, 1.807) is 6.20 Å². The molecule has 5 heteroatoms. The van der Waals surface area contributed by atoms with Gasteiger partial charge in [0.25, 0.3) is 0 Å². The molecular formula is C11H20N4O. The molecule has 5 nitrogen and oxygen atoms in total. The number of hydrogen-bond acceptors (Lipinski definition) is 3. The molecule has 1 aromatic heterocycles. The fourth-order valence-corrected chi connectivity index (χ4v) is 1.74. The maximum absolute atomic E-state index is 11.3. The molecule has 0 spiro atoms. The minimum atomic E-state index is -0.327. The van der Waals surface area contributed by atoms with Crippen LogP contribution >= 0.6 is 0 Å². The number of amides is 1. The first-order chi connectivity index (χ1) is 7.43. The minimum absolute atomic E-state index is 0.0000926. The average Bonchev–Trinajstić information content (AvgIpc) is 2.59. The summed E-state index contributed by atoms with van der Waals surface area (Å²) >= 11 is 0. The van der Waals surface area contributed by atoms with E-state index >= 15 is 0 Å². The monoisotopic (exact) mass is 224 g/mol. The molecular weight excluding hydrogens is 204 g/mol. The molecule has 0 radical (unpaired) electrons. The van der Waals surface area contributed by atoms with Crippen molar-refractivity contribution in [2.24, 2.45) is 18.7 Å². The maximum atomic E-state index is 11.3. The van der Waals surface area contributed by atoms with Gasteiger partial charge in [0, 0.05) is 19.4 Å². The molecule has 2 atom stereocenters. The van der Waals surface area contributed by atoms with Gasteiger partial charge in [-0.15, -0.1) is 0 Å². The third-order valence-corrected chi connectivity index (χ3v) is 2.65. The highest BCUT2D eigenvalue weighted by molar-refractivity contribution is 5.80. The first-order valence-electron chi connectivity index (χ1n) is 5.46. The normalized spacial score (nSPS) is 15.1. The van der Waals surface area contributed by atoms with Crippen LogP contribution in [0.4, 0.5) is 0 Å². The Hall–Kier alpha value is -1.36. The van der Waals surface area contributed by atoms with Crippen LogP contribution in [-0.4, -0.2) is 21.5 Å². The van der Waals surface area contributed by atoms with Crippen LogP contribution in [0.1, 0.15) is 32.6 Å². The largest absolute Gasteiger partial charge is 0.368 e. The number of aromatic nitrogens is 2. The van der Waals surface area contributed by atoms with Crippen molar-refractivity contribution in [2.45, 2.75) is 32.9 Å². The molecule has 0 saturated heterocycles. The van der Waals surface area contributed by atoms with Gasteiger partial charge in [-0.05, 0) is 12.8 Å². The van der Waals surface area contributed by atoms with E-state index in [4.69, 9.17) is 5.73 Å². The van der Waals surface area contributed by atoms with Crippen LogP contribution < -0.4 is 11.1 Å². The lowest BCUT2D eigenvalue weighted by Crippen LogP contribution is -2.46. The topological polar surface area (TPSA) is 72.9 Å². The molecule has 0 aliphatic heterocycles. The molecule has 2 unspecified atom stereocenters. The number of nitrogens with zero attached hydrogens (tertiary/aromatic N) is 2. The molecule has 1 aromatic rings. The first kappa shape index (κ1) is 12.7. The summed E-state index contributed by atoms with van der Waals surface area (Å²) < 4.78 is 1.93. The molecule has 16 heavy (non-hydrogen) atoms. The fraction of sp³-hybridized carbons (Fsp3) is 0.636. The lowest BCUT2D eigenvalue weighted by Gasteiger charge is -2.23. The quantitative estimate of drug-likeness (QED) is 0.768. The fourth-order valence-electron chi connectivity index (χ4n) is 1.74. The van der Waals surface area contributed by atoms with E-state index in [1.165, 1.54) is 0 Å². The van der Waals surface area contributed by atoms with E-state index in [0.717, 1.165) is 5.82 Å². The van der Waals surface area contributed by atoms with Crippen molar-refractivity contribution in [2.75, 3.05) is 0 Å². The highest BCUT2D eigenvalue weighted by Gasteiger charge is 2.23. The van der Waals surface area contributed by atoms with Gasteiger partial charge < -0.3 is 10.3 Å². The molecule has 0 fully saturated rings. The molecule has 1 heterocycles. The van der Waals surface area contributed by atoms with Crippen molar-refractivity contribution >= 4 is 5.91 Å². The zero-order valence-electron chi connectivity index (χ0n) is 10.3. The van der Waals surface area contributed by atoms with Gasteiger partial charge in [-0.2, -0.15) is 0 Å². The van der Waals surface area contributed by atoms with Crippen LogP contribution in [0.3, 0.4) is 0 Å². The zero-order chi connectivity index (χ0) is 12.3. The number of imidazole rings is 1. The van der Waals surface area contributed by atoms with Crippen molar-refractivity contribution < 1.29 is 4.79 Å². The maximum Gasteiger partial charge on any atom is 0.234 e. The van der Waals surface area contributed by atoms with Crippen molar-refractivity contribution in [3.8, 4) is 0 Å². The second kappa shape index (κ2) is 5.12. The number of aryl methyl sites for hydroxylation is 1. The van der Waals surface area contributed by atoms with Gasteiger partial charge in [-0.3, -0.25) is 10.1 Å². The Bertz CT molecular complexity index is 359. The lowest BCUT2D eigenvalue weighted by molar-refractivity contribution is -0.121. The molecule has 0 bridgehead atoms. The molecule has 0 aliphatic carbocycles. The number of hydrogen-bond donors (Lipinski definition) is 2. The summed E-state index contributed by atoms with van der Waals surface area (Å²) in [6.45, 7) is 5.90. The van der Waals surface area contributed by atoms with Crippen LogP contribution in [0.5, 0.6) is 0 Å². The summed E-state index contributed by atoms with van der Waals surface area (Å²) in [5.74, 6) is 0.739. The van der Waals surface area contributed by atoms with Gasteiger partial charge in [0.1, 0.15) is 5.82 Å². The average molecular weight is 224 g/mol. The summed E-state index contributed by atoms with van der Waals surface area (Å²) in [5, 5.41) is 3.20. The number of rotatable bonds is 5. The molecule has 90 valence electrons. The van der Waals surface area contributed by atoms with E-state index in [-0.39, 0.29) is 23.9 Å². The Labute approximate surface area is 96.0 Å². The van der Waals surface area contributed by atoms with Gasteiger partial charge in [-0.25, -0.2) is 4.98 Å². The van der Waals surface area contributed by atoms with Gasteiger partial charge in [0.15, 0.2) is 0 Å². The highest BCUT2D eigenvalue weighted by atomic mass is 16.1. The highest BCUT2D eigenvalue weighted by Crippen LogP contribution is 2.12. The first-order valence-corrected chi connectivity index (χ1v) is 5.46. The number of primary amides is 1. The van der Waals surface area contributed by atoms with E-state index in [9.17, 15) is 4.79 Å². The molecule has 0 aliphatic rings. The van der Waals surface area contributed by atoms with Crippen LogP contribution in [0.15, 0.2) is 12.4 Å². The number of carbonyl (C=O) groups is 1. The molecule has 1 rings (SSSR count). The summed E-state index contributed by atoms with van der Waals surface area (Å²) in [4.78, 5) is 15.5. The Morgan fingerprint density at radius 2 is 2.12 bits per heavy atom. The van der Waals surface area contributed by atoms with Crippen molar-refractivity contribution in [1.29, 1.82) is 0 Å². The van der Waals surface area contributed by atoms with E-state index in [2.05, 4.69) is 10.3 Å². The summed E-state index contributed by atoms with van der Waals surface area (Å²) in [5.41, 5.74) is 5.35. The van der Waals surface area contributed by atoms with Crippen molar-refractivity contribution in [3.63, 3.8) is 0 Å². The third-order valence-electron chi connectivity index (χ3n) is 2.65. The van der Waals surface area contributed by atoms with Gasteiger partial charge >= 0.3 is 0 Å². The Morgan fingerprint density at radius 1 is 1.50 bits per heavy atom. The zero-order valence-corrected chi connectivity index (χ0v) is 10.3. The minimum Gasteiger partial charge on any atom is -0.368 e. The second-order valence-corrected chi connectivity index (χ2v) is 4.41. The smallest absolute Gasteiger partial charge is 0.234 e. The Morgan fingerprint density at radius 3 is 2.50 bits per heavy atom. The van der Waals surface area contributed by atoms with Gasteiger partial charge in [-0.1, -0.05) is 13.8 Å². The van der Waals surface area contributed by atoms with Crippen molar-refractivity contribution in [3.05, 3.63) is 18.2 Å². The van der Waals surface area contributed by atoms with Crippen molar-refractivity contribution in [1.82, 2.24) is 14.9 Å².